The standard InChI is InChI=1S/C15H21NO2/c1-15(2,3)16-14-12(17)10-18-13(14)9-11-7-5-4-6-8-11/h4-8,13-14,16H,9-10H2,1-3H3. The van der Waals surface area contributed by atoms with E-state index in [-0.39, 0.29) is 30.1 Å². The quantitative estimate of drug-likeness (QED) is 0.887. The van der Waals surface area contributed by atoms with Crippen molar-refractivity contribution in [2.45, 2.75) is 44.9 Å². The highest BCUT2D eigenvalue weighted by molar-refractivity contribution is 5.87. The van der Waals surface area contributed by atoms with Crippen LogP contribution in [-0.4, -0.2) is 30.1 Å². The smallest absolute Gasteiger partial charge is 0.177 e. The summed E-state index contributed by atoms with van der Waals surface area (Å²) >= 11 is 0. The highest BCUT2D eigenvalue weighted by Crippen LogP contribution is 2.18. The molecular weight excluding hydrogens is 226 g/mol. The molecule has 3 nitrogen and oxygen atoms in total. The van der Waals surface area contributed by atoms with Crippen LogP contribution < -0.4 is 5.32 Å². The van der Waals surface area contributed by atoms with Crippen LogP contribution in [0, 0.1) is 0 Å². The van der Waals surface area contributed by atoms with Crippen molar-refractivity contribution in [1.29, 1.82) is 0 Å². The van der Waals surface area contributed by atoms with Crippen LogP contribution in [0.1, 0.15) is 26.3 Å². The van der Waals surface area contributed by atoms with E-state index in [9.17, 15) is 4.79 Å². The molecule has 0 amide bonds. The van der Waals surface area contributed by atoms with E-state index in [0.717, 1.165) is 6.42 Å². The third-order valence-corrected chi connectivity index (χ3v) is 3.03. The van der Waals surface area contributed by atoms with Gasteiger partial charge in [-0.15, -0.1) is 0 Å². The second-order valence-electron chi connectivity index (χ2n) is 5.88. The highest BCUT2D eigenvalue weighted by atomic mass is 16.5. The molecule has 18 heavy (non-hydrogen) atoms. The summed E-state index contributed by atoms with van der Waals surface area (Å²) in [6, 6.07) is 9.97. The Bertz CT molecular complexity index is 408. The Morgan fingerprint density at radius 2 is 1.94 bits per heavy atom. The third kappa shape index (κ3) is 3.40. The molecule has 2 atom stereocenters. The molecule has 1 aliphatic heterocycles. The summed E-state index contributed by atoms with van der Waals surface area (Å²) in [6.07, 6.45) is 0.722. The zero-order valence-electron chi connectivity index (χ0n) is 11.3. The Balaban J connectivity index is 2.05. The number of benzene rings is 1. The Morgan fingerprint density at radius 1 is 1.28 bits per heavy atom. The van der Waals surface area contributed by atoms with Crippen LogP contribution in [0.15, 0.2) is 30.3 Å². The van der Waals surface area contributed by atoms with Gasteiger partial charge in [0.25, 0.3) is 0 Å². The molecule has 2 unspecified atom stereocenters. The maximum atomic E-state index is 11.9. The lowest BCUT2D eigenvalue weighted by atomic mass is 9.98. The largest absolute Gasteiger partial charge is 0.368 e. The lowest BCUT2D eigenvalue weighted by Crippen LogP contribution is -2.51. The Kier molecular flexibility index (Phi) is 3.83. The summed E-state index contributed by atoms with van der Waals surface area (Å²) in [4.78, 5) is 11.9. The van der Waals surface area contributed by atoms with E-state index in [4.69, 9.17) is 4.74 Å². The van der Waals surface area contributed by atoms with Gasteiger partial charge in [0.1, 0.15) is 6.61 Å². The molecule has 3 heteroatoms. The molecule has 1 saturated heterocycles. The van der Waals surface area contributed by atoms with Crippen LogP contribution in [-0.2, 0) is 16.0 Å². The molecule has 0 spiro atoms. The van der Waals surface area contributed by atoms with Crippen LogP contribution in [0.4, 0.5) is 0 Å². The number of ketones is 1. The fourth-order valence-corrected chi connectivity index (χ4v) is 2.25. The van der Waals surface area contributed by atoms with Gasteiger partial charge in [-0.1, -0.05) is 30.3 Å². The highest BCUT2D eigenvalue weighted by Gasteiger charge is 2.37. The van der Waals surface area contributed by atoms with E-state index in [0.29, 0.717) is 0 Å². The zero-order chi connectivity index (χ0) is 13.2. The molecule has 0 aliphatic carbocycles. The molecule has 1 aromatic carbocycles. The molecule has 1 heterocycles. The maximum absolute atomic E-state index is 11.9. The van der Waals surface area contributed by atoms with Crippen molar-refractivity contribution >= 4 is 5.78 Å². The van der Waals surface area contributed by atoms with Crippen molar-refractivity contribution in [1.82, 2.24) is 5.32 Å². The number of rotatable bonds is 3. The normalized spacial score (nSPS) is 24.5. The van der Waals surface area contributed by atoms with Gasteiger partial charge in [-0.05, 0) is 26.3 Å². The van der Waals surface area contributed by atoms with Gasteiger partial charge < -0.3 is 10.1 Å². The van der Waals surface area contributed by atoms with Crippen molar-refractivity contribution in [2.24, 2.45) is 0 Å². The minimum atomic E-state index is -0.190. The molecule has 2 rings (SSSR count). The molecule has 1 aromatic rings. The van der Waals surface area contributed by atoms with Crippen LogP contribution >= 0.6 is 0 Å². The number of carbonyl (C=O) groups is 1. The number of carbonyl (C=O) groups excluding carboxylic acids is 1. The minimum Gasteiger partial charge on any atom is -0.368 e. The first-order valence-corrected chi connectivity index (χ1v) is 6.42. The lowest BCUT2D eigenvalue weighted by molar-refractivity contribution is -0.119. The molecule has 0 bridgehead atoms. The number of nitrogens with one attached hydrogen (secondary N) is 1. The maximum Gasteiger partial charge on any atom is 0.177 e. The Morgan fingerprint density at radius 3 is 2.56 bits per heavy atom. The minimum absolute atomic E-state index is 0.0564. The van der Waals surface area contributed by atoms with Gasteiger partial charge in [0.05, 0.1) is 12.1 Å². The third-order valence-electron chi connectivity index (χ3n) is 3.03. The van der Waals surface area contributed by atoms with Gasteiger partial charge >= 0.3 is 0 Å². The summed E-state index contributed by atoms with van der Waals surface area (Å²) in [7, 11) is 0. The Hall–Kier alpha value is -1.19. The van der Waals surface area contributed by atoms with Crippen LogP contribution in [0.5, 0.6) is 0 Å². The van der Waals surface area contributed by atoms with Crippen molar-refractivity contribution in [3.63, 3.8) is 0 Å². The van der Waals surface area contributed by atoms with Crippen LogP contribution in [0.3, 0.4) is 0 Å². The predicted molar refractivity (Wildman–Crippen MR) is 71.6 cm³/mol. The first kappa shape index (κ1) is 13.2. The monoisotopic (exact) mass is 247 g/mol. The molecule has 0 saturated carbocycles. The van der Waals surface area contributed by atoms with Crippen LogP contribution in [0.25, 0.3) is 0 Å². The first-order chi connectivity index (χ1) is 8.46. The zero-order valence-corrected chi connectivity index (χ0v) is 11.3. The van der Waals surface area contributed by atoms with Gasteiger partial charge in [0.2, 0.25) is 0 Å². The molecule has 1 aliphatic rings. The molecule has 1 fully saturated rings. The van der Waals surface area contributed by atoms with E-state index in [1.807, 2.05) is 18.2 Å². The SMILES string of the molecule is CC(C)(C)NC1C(=O)COC1Cc1ccccc1. The lowest BCUT2D eigenvalue weighted by Gasteiger charge is -2.28. The van der Waals surface area contributed by atoms with Crippen molar-refractivity contribution < 1.29 is 9.53 Å². The summed E-state index contributed by atoms with van der Waals surface area (Å²) in [6.45, 7) is 6.43. The molecule has 0 aromatic heterocycles. The topological polar surface area (TPSA) is 38.3 Å². The van der Waals surface area contributed by atoms with Crippen LogP contribution in [0.2, 0.25) is 0 Å². The fraction of sp³-hybridized carbons (Fsp3) is 0.533. The van der Waals surface area contributed by atoms with E-state index in [2.05, 4.69) is 38.2 Å². The van der Waals surface area contributed by atoms with E-state index in [1.54, 1.807) is 0 Å². The summed E-state index contributed by atoms with van der Waals surface area (Å²) in [5, 5.41) is 3.36. The number of hydrogen-bond acceptors (Lipinski definition) is 3. The molecule has 0 radical (unpaired) electrons. The van der Waals surface area contributed by atoms with Gasteiger partial charge in [-0.25, -0.2) is 0 Å². The first-order valence-electron chi connectivity index (χ1n) is 6.42. The number of hydrogen-bond donors (Lipinski definition) is 1. The molecule has 1 N–H and O–H groups in total. The molecule has 98 valence electrons. The van der Waals surface area contributed by atoms with Crippen molar-refractivity contribution in [2.75, 3.05) is 6.61 Å². The fourth-order valence-electron chi connectivity index (χ4n) is 2.25. The van der Waals surface area contributed by atoms with Crippen molar-refractivity contribution in [3.8, 4) is 0 Å². The second-order valence-corrected chi connectivity index (χ2v) is 5.88. The van der Waals surface area contributed by atoms with E-state index >= 15 is 0 Å². The number of Topliss-reactive ketones (excluding diaryl/α,β-unsaturated/α-hetero) is 1. The molecular formula is C15H21NO2. The van der Waals surface area contributed by atoms with Gasteiger partial charge in [0, 0.05) is 12.0 Å². The average Bonchev–Trinajstić information content (AvgIpc) is 2.61. The summed E-state index contributed by atoms with van der Waals surface area (Å²) in [5.74, 6) is 0.158. The Labute approximate surface area is 109 Å². The second kappa shape index (κ2) is 5.21. The average molecular weight is 247 g/mol. The van der Waals surface area contributed by atoms with E-state index < -0.39 is 0 Å². The van der Waals surface area contributed by atoms with Gasteiger partial charge in [-0.2, -0.15) is 0 Å². The number of ether oxygens (including phenoxy) is 1. The summed E-state index contributed by atoms with van der Waals surface area (Å²) < 4.78 is 5.62. The predicted octanol–water partition coefficient (Wildman–Crippen LogP) is 1.95. The van der Waals surface area contributed by atoms with Crippen molar-refractivity contribution in [3.05, 3.63) is 35.9 Å². The van der Waals surface area contributed by atoms with Gasteiger partial charge in [-0.3, -0.25) is 4.79 Å². The van der Waals surface area contributed by atoms with Gasteiger partial charge in [0.15, 0.2) is 5.78 Å². The van der Waals surface area contributed by atoms with E-state index in [1.165, 1.54) is 5.56 Å². The summed E-state index contributed by atoms with van der Waals surface area (Å²) in [5.41, 5.74) is 1.13.